The van der Waals surface area contributed by atoms with Gasteiger partial charge in [-0.1, -0.05) is 0 Å². The Kier molecular flexibility index (Phi) is 4.08. The molecule has 0 aliphatic carbocycles. The molecule has 1 aliphatic rings. The first-order valence-electron chi connectivity index (χ1n) is 7.04. The second-order valence-electron chi connectivity index (χ2n) is 5.51. The number of aromatic nitrogens is 4. The molecule has 128 valence electrons. The standard InChI is InChI=1S/C13H16N6O5/c1-13(22)9(21)7(4-20)24-12(13)19-11-8(6(3-14)17-19)10(18-23-2)15-5-16-11/h5,7,9,12,20-22H,4H2,1-2H3,(H,15,16,18)/t7-,9-,12-,13-/m1/s1. The molecule has 2 aromatic heterocycles. The minimum atomic E-state index is -1.75. The molecule has 0 spiro atoms. The predicted molar refractivity (Wildman–Crippen MR) is 78.3 cm³/mol. The van der Waals surface area contributed by atoms with E-state index in [0.29, 0.717) is 0 Å². The fraction of sp³-hybridized carbons (Fsp3) is 0.538. The van der Waals surface area contributed by atoms with E-state index in [2.05, 4.69) is 20.5 Å². The summed E-state index contributed by atoms with van der Waals surface area (Å²) in [6.07, 6.45) is -2.25. The van der Waals surface area contributed by atoms with Gasteiger partial charge in [-0.05, 0) is 6.92 Å². The third kappa shape index (κ3) is 2.29. The first-order chi connectivity index (χ1) is 11.5. The maximum absolute atomic E-state index is 10.6. The summed E-state index contributed by atoms with van der Waals surface area (Å²) in [5.74, 6) is 0.224. The highest BCUT2D eigenvalue weighted by atomic mass is 16.6. The lowest BCUT2D eigenvalue weighted by Crippen LogP contribution is -2.44. The number of hydrogen-bond acceptors (Lipinski definition) is 10. The Labute approximate surface area is 136 Å². The third-order valence-corrected chi connectivity index (χ3v) is 3.95. The van der Waals surface area contributed by atoms with Crippen LogP contribution in [0.3, 0.4) is 0 Å². The van der Waals surface area contributed by atoms with Crippen LogP contribution in [0, 0.1) is 11.3 Å². The SMILES string of the molecule is CONc1ncnc2c1c(C#N)nn2[C@@H]1O[C@H](CO)[C@@H](O)[C@@]1(C)O. The first kappa shape index (κ1) is 16.5. The van der Waals surface area contributed by atoms with Crippen molar-refractivity contribution in [1.29, 1.82) is 5.26 Å². The fourth-order valence-corrected chi connectivity index (χ4v) is 2.74. The molecule has 3 rings (SSSR count). The summed E-state index contributed by atoms with van der Waals surface area (Å²) in [5.41, 5.74) is 0.977. The van der Waals surface area contributed by atoms with Crippen molar-refractivity contribution in [2.24, 2.45) is 0 Å². The van der Waals surface area contributed by atoms with Crippen LogP contribution in [0.1, 0.15) is 18.8 Å². The van der Waals surface area contributed by atoms with Crippen LogP contribution in [0.2, 0.25) is 0 Å². The molecule has 0 aromatic carbocycles. The van der Waals surface area contributed by atoms with Crippen molar-refractivity contribution in [3.63, 3.8) is 0 Å². The van der Waals surface area contributed by atoms with Crippen LogP contribution >= 0.6 is 0 Å². The number of nitrogens with zero attached hydrogens (tertiary/aromatic N) is 5. The molecule has 1 aliphatic heterocycles. The Bertz CT molecular complexity index is 800. The summed E-state index contributed by atoms with van der Waals surface area (Å²) in [6.45, 7) is 0.872. The third-order valence-electron chi connectivity index (χ3n) is 3.95. The summed E-state index contributed by atoms with van der Waals surface area (Å²) in [6, 6.07) is 1.92. The number of fused-ring (bicyclic) bond motifs is 1. The lowest BCUT2D eigenvalue weighted by atomic mass is 9.97. The topological polar surface area (TPSA) is 159 Å². The van der Waals surface area contributed by atoms with E-state index < -0.39 is 30.6 Å². The molecule has 4 atom stereocenters. The molecule has 11 heteroatoms. The summed E-state index contributed by atoms with van der Waals surface area (Å²) in [4.78, 5) is 12.9. The number of hydrogen-bond donors (Lipinski definition) is 4. The minimum absolute atomic E-state index is 0.00788. The van der Waals surface area contributed by atoms with Gasteiger partial charge in [-0.2, -0.15) is 10.4 Å². The summed E-state index contributed by atoms with van der Waals surface area (Å²) >= 11 is 0. The van der Waals surface area contributed by atoms with Crippen LogP contribution in [-0.4, -0.2) is 66.6 Å². The zero-order valence-corrected chi connectivity index (χ0v) is 12.9. The maximum Gasteiger partial charge on any atom is 0.183 e. The van der Waals surface area contributed by atoms with E-state index in [1.54, 1.807) is 0 Å². The minimum Gasteiger partial charge on any atom is -0.394 e. The highest BCUT2D eigenvalue weighted by molar-refractivity contribution is 5.90. The van der Waals surface area contributed by atoms with E-state index in [0.717, 1.165) is 0 Å². The number of ether oxygens (including phenoxy) is 1. The molecule has 3 heterocycles. The Morgan fingerprint density at radius 1 is 1.54 bits per heavy atom. The molecule has 0 saturated carbocycles. The van der Waals surface area contributed by atoms with E-state index in [-0.39, 0.29) is 22.5 Å². The fourth-order valence-electron chi connectivity index (χ4n) is 2.74. The van der Waals surface area contributed by atoms with Crippen molar-refractivity contribution in [2.75, 3.05) is 19.2 Å². The summed E-state index contributed by atoms with van der Waals surface area (Å²) < 4.78 is 6.71. The zero-order valence-electron chi connectivity index (χ0n) is 12.9. The van der Waals surface area contributed by atoms with E-state index in [4.69, 9.17) is 9.57 Å². The van der Waals surface area contributed by atoms with Crippen molar-refractivity contribution in [1.82, 2.24) is 19.7 Å². The van der Waals surface area contributed by atoms with Crippen molar-refractivity contribution in [3.8, 4) is 6.07 Å². The van der Waals surface area contributed by atoms with Crippen LogP contribution in [0.5, 0.6) is 0 Å². The van der Waals surface area contributed by atoms with Crippen LogP contribution in [0.4, 0.5) is 5.82 Å². The van der Waals surface area contributed by atoms with Crippen LogP contribution in [0.15, 0.2) is 6.33 Å². The van der Waals surface area contributed by atoms with Crippen LogP contribution in [-0.2, 0) is 9.57 Å². The molecular formula is C13H16N6O5. The Morgan fingerprint density at radius 2 is 2.29 bits per heavy atom. The van der Waals surface area contributed by atoms with E-state index in [9.17, 15) is 20.6 Å². The first-order valence-corrected chi connectivity index (χ1v) is 7.04. The van der Waals surface area contributed by atoms with Crippen molar-refractivity contribution >= 4 is 16.9 Å². The second kappa shape index (κ2) is 5.93. The van der Waals surface area contributed by atoms with Crippen molar-refractivity contribution < 1.29 is 24.9 Å². The summed E-state index contributed by atoms with van der Waals surface area (Å²) in [5, 5.41) is 43.7. The van der Waals surface area contributed by atoms with Crippen LogP contribution in [0.25, 0.3) is 11.0 Å². The van der Waals surface area contributed by atoms with E-state index in [1.807, 2.05) is 6.07 Å². The Morgan fingerprint density at radius 3 is 2.88 bits per heavy atom. The van der Waals surface area contributed by atoms with Gasteiger partial charge < -0.3 is 20.1 Å². The average Bonchev–Trinajstić information content (AvgIpc) is 3.04. The smallest absolute Gasteiger partial charge is 0.183 e. The molecular weight excluding hydrogens is 320 g/mol. The number of nitriles is 1. The molecule has 0 amide bonds. The predicted octanol–water partition coefficient (Wildman–Crippen LogP) is -1.33. The molecule has 1 fully saturated rings. The monoisotopic (exact) mass is 336 g/mol. The van der Waals surface area contributed by atoms with Gasteiger partial charge in [0.2, 0.25) is 0 Å². The molecule has 0 unspecified atom stereocenters. The normalized spacial score (nSPS) is 29.8. The number of rotatable bonds is 4. The van der Waals surface area contributed by atoms with Gasteiger partial charge in [0.05, 0.1) is 13.7 Å². The average molecular weight is 336 g/mol. The molecule has 2 aromatic rings. The molecule has 24 heavy (non-hydrogen) atoms. The van der Waals surface area contributed by atoms with Gasteiger partial charge in [0.25, 0.3) is 0 Å². The number of nitrogens with one attached hydrogen (secondary N) is 1. The van der Waals surface area contributed by atoms with Gasteiger partial charge in [0, 0.05) is 0 Å². The van der Waals surface area contributed by atoms with E-state index >= 15 is 0 Å². The largest absolute Gasteiger partial charge is 0.394 e. The Balaban J connectivity index is 2.18. The van der Waals surface area contributed by atoms with Crippen molar-refractivity contribution in [3.05, 3.63) is 12.0 Å². The molecule has 0 bridgehead atoms. The second-order valence-corrected chi connectivity index (χ2v) is 5.51. The number of aliphatic hydroxyl groups is 3. The maximum atomic E-state index is 10.6. The highest BCUT2D eigenvalue weighted by Gasteiger charge is 2.54. The van der Waals surface area contributed by atoms with Gasteiger partial charge in [-0.3, -0.25) is 4.84 Å². The highest BCUT2D eigenvalue weighted by Crippen LogP contribution is 2.39. The quantitative estimate of drug-likeness (QED) is 0.493. The summed E-state index contributed by atoms with van der Waals surface area (Å²) in [7, 11) is 1.39. The van der Waals surface area contributed by atoms with Crippen LogP contribution < -0.4 is 5.48 Å². The Hall–Kier alpha value is -2.36. The van der Waals surface area contributed by atoms with Gasteiger partial charge in [0.1, 0.15) is 35.6 Å². The lowest BCUT2D eigenvalue weighted by Gasteiger charge is -2.26. The van der Waals surface area contributed by atoms with Gasteiger partial charge in [-0.25, -0.2) is 20.1 Å². The molecule has 1 saturated heterocycles. The zero-order chi connectivity index (χ0) is 17.5. The molecule has 0 radical (unpaired) electrons. The molecule has 4 N–H and O–H groups in total. The van der Waals surface area contributed by atoms with E-state index in [1.165, 1.54) is 25.0 Å². The van der Waals surface area contributed by atoms with Gasteiger partial charge >= 0.3 is 0 Å². The number of aliphatic hydroxyl groups excluding tert-OH is 2. The lowest BCUT2D eigenvalue weighted by molar-refractivity contribution is -0.100. The number of anilines is 1. The van der Waals surface area contributed by atoms with Crippen molar-refractivity contribution in [2.45, 2.75) is 31.0 Å². The van der Waals surface area contributed by atoms with Gasteiger partial charge in [0.15, 0.2) is 23.4 Å². The van der Waals surface area contributed by atoms with Gasteiger partial charge in [-0.15, -0.1) is 0 Å². The molecule has 11 nitrogen and oxygen atoms in total.